The molecule has 0 fully saturated rings. The number of carbonyl (C=O) groups is 1. The molecule has 2 unspecified atom stereocenters. The van der Waals surface area contributed by atoms with Crippen LogP contribution in [0, 0.1) is 0 Å². The molecule has 0 spiro atoms. The Labute approximate surface area is 134 Å². The second kappa shape index (κ2) is 8.79. The number of amides is 1. The molecule has 0 aliphatic carbocycles. The topological polar surface area (TPSA) is 50.4 Å². The van der Waals surface area contributed by atoms with E-state index in [0.29, 0.717) is 12.6 Å². The standard InChI is InChI=1S/C18H30N2O2/c1-6-10-16(15-11-8-7-9-12-15)20-14(2)13-19-17(21)22-18(3,4)5/h7-9,11-12,14,16,20H,6,10,13H2,1-5H3,(H,19,21). The lowest BCUT2D eigenvalue weighted by atomic mass is 10.0. The molecule has 1 aromatic rings. The Hall–Kier alpha value is -1.55. The number of hydrogen-bond donors (Lipinski definition) is 2. The Morgan fingerprint density at radius 1 is 1.23 bits per heavy atom. The highest BCUT2D eigenvalue weighted by molar-refractivity contribution is 5.67. The molecule has 1 aromatic carbocycles. The number of ether oxygens (including phenoxy) is 1. The van der Waals surface area contributed by atoms with E-state index in [1.807, 2.05) is 26.8 Å². The maximum atomic E-state index is 11.7. The van der Waals surface area contributed by atoms with Crippen LogP contribution in [0.5, 0.6) is 0 Å². The first-order chi connectivity index (χ1) is 10.3. The highest BCUT2D eigenvalue weighted by Crippen LogP contribution is 2.18. The Balaban J connectivity index is 2.47. The normalized spacial score (nSPS) is 14.2. The number of rotatable bonds is 7. The van der Waals surface area contributed by atoms with E-state index in [4.69, 9.17) is 4.74 Å². The average molecular weight is 306 g/mol. The van der Waals surface area contributed by atoms with Crippen molar-refractivity contribution in [3.05, 3.63) is 35.9 Å². The molecular formula is C18H30N2O2. The highest BCUT2D eigenvalue weighted by atomic mass is 16.6. The van der Waals surface area contributed by atoms with Crippen LogP contribution in [0.4, 0.5) is 4.79 Å². The molecule has 22 heavy (non-hydrogen) atoms. The summed E-state index contributed by atoms with van der Waals surface area (Å²) in [4.78, 5) is 11.7. The summed E-state index contributed by atoms with van der Waals surface area (Å²) in [5.74, 6) is 0. The van der Waals surface area contributed by atoms with Crippen LogP contribution in [-0.4, -0.2) is 24.3 Å². The second-order valence-electron chi connectivity index (χ2n) is 6.70. The predicted octanol–water partition coefficient (Wildman–Crippen LogP) is 4.03. The van der Waals surface area contributed by atoms with Gasteiger partial charge in [-0.2, -0.15) is 0 Å². The number of benzene rings is 1. The van der Waals surface area contributed by atoms with Gasteiger partial charge < -0.3 is 15.4 Å². The zero-order valence-corrected chi connectivity index (χ0v) is 14.5. The van der Waals surface area contributed by atoms with Crippen LogP contribution in [0.3, 0.4) is 0 Å². The minimum Gasteiger partial charge on any atom is -0.444 e. The van der Waals surface area contributed by atoms with Gasteiger partial charge in [-0.25, -0.2) is 4.79 Å². The second-order valence-corrected chi connectivity index (χ2v) is 6.70. The van der Waals surface area contributed by atoms with Crippen molar-refractivity contribution in [2.75, 3.05) is 6.54 Å². The van der Waals surface area contributed by atoms with Gasteiger partial charge in [0.1, 0.15) is 5.60 Å². The van der Waals surface area contributed by atoms with Crippen LogP contribution in [0.1, 0.15) is 59.1 Å². The molecule has 1 rings (SSSR count). The van der Waals surface area contributed by atoms with Crippen molar-refractivity contribution >= 4 is 6.09 Å². The van der Waals surface area contributed by atoms with Crippen molar-refractivity contribution in [1.82, 2.24) is 10.6 Å². The number of nitrogens with one attached hydrogen (secondary N) is 2. The molecule has 124 valence electrons. The van der Waals surface area contributed by atoms with Crippen LogP contribution in [0.15, 0.2) is 30.3 Å². The molecule has 4 nitrogen and oxygen atoms in total. The SMILES string of the molecule is CCCC(NC(C)CNC(=O)OC(C)(C)C)c1ccccc1. The fraction of sp³-hybridized carbons (Fsp3) is 0.611. The van der Waals surface area contributed by atoms with E-state index >= 15 is 0 Å². The van der Waals surface area contributed by atoms with Gasteiger partial charge in [-0.15, -0.1) is 0 Å². The Bertz CT molecular complexity index is 440. The van der Waals surface area contributed by atoms with Gasteiger partial charge in [-0.3, -0.25) is 0 Å². The Morgan fingerprint density at radius 3 is 2.41 bits per heavy atom. The van der Waals surface area contributed by atoms with Crippen molar-refractivity contribution in [3.8, 4) is 0 Å². The number of hydrogen-bond acceptors (Lipinski definition) is 3. The first-order valence-corrected chi connectivity index (χ1v) is 8.09. The van der Waals surface area contributed by atoms with Crippen LogP contribution in [0.25, 0.3) is 0 Å². The van der Waals surface area contributed by atoms with Gasteiger partial charge in [0.05, 0.1) is 0 Å². The van der Waals surface area contributed by atoms with E-state index in [-0.39, 0.29) is 12.1 Å². The van der Waals surface area contributed by atoms with Crippen LogP contribution in [0.2, 0.25) is 0 Å². The third-order valence-electron chi connectivity index (χ3n) is 3.22. The van der Waals surface area contributed by atoms with E-state index in [1.165, 1.54) is 5.56 Å². The first kappa shape index (κ1) is 18.5. The summed E-state index contributed by atoms with van der Waals surface area (Å²) >= 11 is 0. The third kappa shape index (κ3) is 7.46. The molecule has 0 aliphatic heterocycles. The first-order valence-electron chi connectivity index (χ1n) is 8.09. The van der Waals surface area contributed by atoms with Gasteiger partial charge in [-0.1, -0.05) is 43.7 Å². The molecule has 0 aromatic heterocycles. The van der Waals surface area contributed by atoms with Crippen molar-refractivity contribution < 1.29 is 9.53 Å². The van der Waals surface area contributed by atoms with Crippen molar-refractivity contribution in [1.29, 1.82) is 0 Å². The van der Waals surface area contributed by atoms with Gasteiger partial charge >= 0.3 is 6.09 Å². The summed E-state index contributed by atoms with van der Waals surface area (Å²) in [5.41, 5.74) is 0.823. The average Bonchev–Trinajstić information content (AvgIpc) is 2.44. The van der Waals surface area contributed by atoms with E-state index < -0.39 is 5.60 Å². The number of carbonyl (C=O) groups excluding carboxylic acids is 1. The van der Waals surface area contributed by atoms with E-state index in [0.717, 1.165) is 12.8 Å². The van der Waals surface area contributed by atoms with Gasteiger partial charge in [-0.05, 0) is 39.7 Å². The van der Waals surface area contributed by atoms with Crippen LogP contribution < -0.4 is 10.6 Å². The summed E-state index contributed by atoms with van der Waals surface area (Å²) in [7, 11) is 0. The molecule has 2 N–H and O–H groups in total. The lowest BCUT2D eigenvalue weighted by molar-refractivity contribution is 0.0522. The summed E-state index contributed by atoms with van der Waals surface area (Å²) in [6, 6.07) is 10.9. The molecule has 0 saturated heterocycles. The summed E-state index contributed by atoms with van der Waals surface area (Å²) < 4.78 is 5.25. The Kier molecular flexibility index (Phi) is 7.39. The minimum absolute atomic E-state index is 0.171. The van der Waals surface area contributed by atoms with E-state index in [2.05, 4.69) is 48.7 Å². The van der Waals surface area contributed by atoms with Gasteiger partial charge in [0, 0.05) is 18.6 Å². The van der Waals surface area contributed by atoms with Crippen molar-refractivity contribution in [2.45, 2.75) is 65.1 Å². The van der Waals surface area contributed by atoms with Gasteiger partial charge in [0.25, 0.3) is 0 Å². The zero-order valence-electron chi connectivity index (χ0n) is 14.5. The summed E-state index contributed by atoms with van der Waals surface area (Å²) in [5, 5.41) is 6.40. The Morgan fingerprint density at radius 2 is 1.86 bits per heavy atom. The molecule has 0 saturated carbocycles. The maximum Gasteiger partial charge on any atom is 0.407 e. The van der Waals surface area contributed by atoms with E-state index in [9.17, 15) is 4.79 Å². The lowest BCUT2D eigenvalue weighted by Gasteiger charge is -2.25. The molecule has 2 atom stereocenters. The molecule has 0 aliphatic rings. The summed E-state index contributed by atoms with van der Waals surface area (Å²) in [6.07, 6.45) is 1.81. The summed E-state index contributed by atoms with van der Waals surface area (Å²) in [6.45, 7) is 10.4. The minimum atomic E-state index is -0.463. The molecule has 0 bridgehead atoms. The van der Waals surface area contributed by atoms with Crippen LogP contribution >= 0.6 is 0 Å². The lowest BCUT2D eigenvalue weighted by Crippen LogP contribution is -2.42. The van der Waals surface area contributed by atoms with E-state index in [1.54, 1.807) is 0 Å². The monoisotopic (exact) mass is 306 g/mol. The fourth-order valence-corrected chi connectivity index (χ4v) is 2.27. The molecule has 0 heterocycles. The maximum absolute atomic E-state index is 11.7. The molecule has 1 amide bonds. The zero-order chi connectivity index (χ0) is 16.6. The molecule has 4 heteroatoms. The predicted molar refractivity (Wildman–Crippen MR) is 90.9 cm³/mol. The van der Waals surface area contributed by atoms with Crippen molar-refractivity contribution in [3.63, 3.8) is 0 Å². The van der Waals surface area contributed by atoms with Gasteiger partial charge in [0.2, 0.25) is 0 Å². The fourth-order valence-electron chi connectivity index (χ4n) is 2.27. The quantitative estimate of drug-likeness (QED) is 0.799. The molecular weight excluding hydrogens is 276 g/mol. The number of alkyl carbamates (subject to hydrolysis) is 1. The van der Waals surface area contributed by atoms with Gasteiger partial charge in [0.15, 0.2) is 0 Å². The molecule has 0 radical (unpaired) electrons. The highest BCUT2D eigenvalue weighted by Gasteiger charge is 2.17. The largest absolute Gasteiger partial charge is 0.444 e. The third-order valence-corrected chi connectivity index (χ3v) is 3.22. The van der Waals surface area contributed by atoms with Crippen LogP contribution in [-0.2, 0) is 4.74 Å². The smallest absolute Gasteiger partial charge is 0.407 e. The van der Waals surface area contributed by atoms with Crippen molar-refractivity contribution in [2.24, 2.45) is 0 Å².